The lowest BCUT2D eigenvalue weighted by atomic mass is 10.00. The number of halogens is 1. The molecule has 160 valence electrons. The molecule has 0 spiro atoms. The maximum absolute atomic E-state index is 13.0. The van der Waals surface area contributed by atoms with E-state index in [9.17, 15) is 9.59 Å². The first-order valence-electron chi connectivity index (χ1n) is 9.97. The molecular weight excluding hydrogens is 406 g/mol. The molecule has 0 radical (unpaired) electrons. The molecule has 8 nitrogen and oxygen atoms in total. The maximum atomic E-state index is 13.0. The van der Waals surface area contributed by atoms with Crippen molar-refractivity contribution < 1.29 is 14.3 Å². The van der Waals surface area contributed by atoms with Gasteiger partial charge < -0.3 is 19.9 Å². The number of hydrogen-bond donors (Lipinski definition) is 1. The van der Waals surface area contributed by atoms with Crippen molar-refractivity contribution in [2.24, 2.45) is 5.92 Å². The van der Waals surface area contributed by atoms with Crippen LogP contribution in [0.2, 0.25) is 5.28 Å². The van der Waals surface area contributed by atoms with Gasteiger partial charge in [-0.1, -0.05) is 13.8 Å². The van der Waals surface area contributed by atoms with Crippen LogP contribution in [0.15, 0.2) is 36.5 Å². The normalized spacial score (nSPS) is 16.5. The van der Waals surface area contributed by atoms with Gasteiger partial charge in [0.15, 0.2) is 0 Å². The molecule has 1 saturated heterocycles. The highest BCUT2D eigenvalue weighted by Crippen LogP contribution is 2.23. The lowest BCUT2D eigenvalue weighted by Crippen LogP contribution is -2.58. The molecule has 1 aromatic heterocycles. The quantitative estimate of drug-likeness (QED) is 0.573. The van der Waals surface area contributed by atoms with Gasteiger partial charge in [-0.25, -0.2) is 19.6 Å². The van der Waals surface area contributed by atoms with Gasteiger partial charge in [-0.3, -0.25) is 0 Å². The van der Waals surface area contributed by atoms with Crippen LogP contribution >= 0.6 is 11.6 Å². The standard InChI is InChI=1S/C21H26ClN5O3/c1-4-30-19(28)15-5-7-16(8-6-15)24-21(29)27-12-11-26(13-17(27)14(2)3)18-9-10-23-20(22)25-18/h5-10,14,17H,4,11-13H2,1-3H3,(H,24,29). The number of carbonyl (C=O) groups excluding carboxylic acids is 2. The number of esters is 1. The number of piperazine rings is 1. The minimum absolute atomic E-state index is 0.00583. The second kappa shape index (κ2) is 9.75. The zero-order valence-corrected chi connectivity index (χ0v) is 18.1. The SMILES string of the molecule is CCOC(=O)c1ccc(NC(=O)N2CCN(c3ccnc(Cl)n3)CC2C(C)C)cc1. The summed E-state index contributed by atoms with van der Waals surface area (Å²) >= 11 is 5.93. The average molecular weight is 432 g/mol. The lowest BCUT2D eigenvalue weighted by molar-refractivity contribution is 0.0526. The van der Waals surface area contributed by atoms with Crippen molar-refractivity contribution in [3.8, 4) is 0 Å². The van der Waals surface area contributed by atoms with Gasteiger partial charge in [0, 0.05) is 31.5 Å². The molecule has 1 unspecified atom stereocenters. The predicted octanol–water partition coefficient (Wildman–Crippen LogP) is 3.69. The van der Waals surface area contributed by atoms with E-state index in [2.05, 4.69) is 34.0 Å². The van der Waals surface area contributed by atoms with E-state index >= 15 is 0 Å². The third kappa shape index (κ3) is 5.18. The van der Waals surface area contributed by atoms with Crippen LogP contribution in [0.5, 0.6) is 0 Å². The molecular formula is C21H26ClN5O3. The topological polar surface area (TPSA) is 87.7 Å². The van der Waals surface area contributed by atoms with Crippen molar-refractivity contribution in [2.75, 3.05) is 36.5 Å². The molecule has 0 aliphatic carbocycles. The summed E-state index contributed by atoms with van der Waals surface area (Å²) in [4.78, 5) is 36.9. The largest absolute Gasteiger partial charge is 0.462 e. The molecule has 2 aromatic rings. The summed E-state index contributed by atoms with van der Waals surface area (Å²) in [6.07, 6.45) is 1.63. The zero-order chi connectivity index (χ0) is 21.7. The summed E-state index contributed by atoms with van der Waals surface area (Å²) in [6.45, 7) is 8.12. The number of urea groups is 1. The van der Waals surface area contributed by atoms with Crippen LogP contribution in [0.1, 0.15) is 31.1 Å². The Hall–Kier alpha value is -2.87. The summed E-state index contributed by atoms with van der Waals surface area (Å²) < 4.78 is 4.98. The van der Waals surface area contributed by atoms with E-state index < -0.39 is 0 Å². The number of nitrogens with zero attached hydrogens (tertiary/aromatic N) is 4. The smallest absolute Gasteiger partial charge is 0.338 e. The van der Waals surface area contributed by atoms with Crippen LogP contribution < -0.4 is 10.2 Å². The van der Waals surface area contributed by atoms with Crippen molar-refractivity contribution in [3.63, 3.8) is 0 Å². The number of anilines is 2. The van der Waals surface area contributed by atoms with Crippen LogP contribution in [-0.2, 0) is 4.74 Å². The molecule has 2 amide bonds. The number of hydrogen-bond acceptors (Lipinski definition) is 6. The second-order valence-electron chi connectivity index (χ2n) is 7.36. The number of amides is 2. The van der Waals surface area contributed by atoms with Gasteiger partial charge in [-0.05, 0) is 54.8 Å². The highest BCUT2D eigenvalue weighted by molar-refractivity contribution is 6.28. The first-order chi connectivity index (χ1) is 14.4. The minimum Gasteiger partial charge on any atom is -0.462 e. The highest BCUT2D eigenvalue weighted by atomic mass is 35.5. The second-order valence-corrected chi connectivity index (χ2v) is 7.70. The van der Waals surface area contributed by atoms with E-state index in [1.54, 1.807) is 37.4 Å². The summed E-state index contributed by atoms with van der Waals surface area (Å²) in [5.74, 6) is 0.633. The van der Waals surface area contributed by atoms with E-state index in [0.29, 0.717) is 37.5 Å². The van der Waals surface area contributed by atoms with Gasteiger partial charge in [0.05, 0.1) is 18.2 Å². The van der Waals surface area contributed by atoms with Gasteiger partial charge in [0.1, 0.15) is 5.82 Å². The minimum atomic E-state index is -0.379. The van der Waals surface area contributed by atoms with Crippen molar-refractivity contribution in [3.05, 3.63) is 47.4 Å². The molecule has 1 aromatic carbocycles. The fourth-order valence-electron chi connectivity index (χ4n) is 3.44. The summed E-state index contributed by atoms with van der Waals surface area (Å²) in [5.41, 5.74) is 1.08. The molecule has 3 rings (SSSR count). The maximum Gasteiger partial charge on any atom is 0.338 e. The number of aromatic nitrogens is 2. The van der Waals surface area contributed by atoms with Gasteiger partial charge in [0.2, 0.25) is 5.28 Å². The Morgan fingerprint density at radius 3 is 2.60 bits per heavy atom. The fraction of sp³-hybridized carbons (Fsp3) is 0.429. The predicted molar refractivity (Wildman–Crippen MR) is 116 cm³/mol. The Kier molecular flexibility index (Phi) is 7.10. The van der Waals surface area contributed by atoms with Crippen LogP contribution in [0.4, 0.5) is 16.3 Å². The van der Waals surface area contributed by atoms with Crippen molar-refractivity contribution in [1.29, 1.82) is 0 Å². The fourth-order valence-corrected chi connectivity index (χ4v) is 3.59. The lowest BCUT2D eigenvalue weighted by Gasteiger charge is -2.43. The average Bonchev–Trinajstić information content (AvgIpc) is 2.74. The molecule has 9 heteroatoms. The van der Waals surface area contributed by atoms with Crippen LogP contribution in [0, 0.1) is 5.92 Å². The molecule has 0 saturated carbocycles. The van der Waals surface area contributed by atoms with Gasteiger partial charge in [0.25, 0.3) is 0 Å². The highest BCUT2D eigenvalue weighted by Gasteiger charge is 2.33. The van der Waals surface area contributed by atoms with Gasteiger partial charge >= 0.3 is 12.0 Å². The van der Waals surface area contributed by atoms with E-state index in [1.807, 2.05) is 11.0 Å². The molecule has 2 heterocycles. The monoisotopic (exact) mass is 431 g/mol. The third-order valence-corrected chi connectivity index (χ3v) is 5.21. The Morgan fingerprint density at radius 1 is 1.23 bits per heavy atom. The summed E-state index contributed by atoms with van der Waals surface area (Å²) in [7, 11) is 0. The summed E-state index contributed by atoms with van der Waals surface area (Å²) in [5, 5.41) is 3.14. The van der Waals surface area contributed by atoms with Crippen LogP contribution in [0.25, 0.3) is 0 Å². The zero-order valence-electron chi connectivity index (χ0n) is 17.3. The van der Waals surface area contributed by atoms with Crippen molar-refractivity contribution in [2.45, 2.75) is 26.8 Å². The van der Waals surface area contributed by atoms with E-state index in [4.69, 9.17) is 16.3 Å². The molecule has 1 N–H and O–H groups in total. The third-order valence-electron chi connectivity index (χ3n) is 5.03. The van der Waals surface area contributed by atoms with Gasteiger partial charge in [-0.15, -0.1) is 0 Å². The van der Waals surface area contributed by atoms with E-state index in [1.165, 1.54) is 0 Å². The summed E-state index contributed by atoms with van der Waals surface area (Å²) in [6, 6.07) is 8.35. The molecule has 1 aliphatic heterocycles. The van der Waals surface area contributed by atoms with Crippen LogP contribution in [-0.4, -0.2) is 59.2 Å². The Balaban J connectivity index is 1.67. The van der Waals surface area contributed by atoms with Crippen molar-refractivity contribution in [1.82, 2.24) is 14.9 Å². The van der Waals surface area contributed by atoms with E-state index in [0.717, 1.165) is 5.82 Å². The molecule has 1 atom stereocenters. The van der Waals surface area contributed by atoms with Gasteiger partial charge in [-0.2, -0.15) is 0 Å². The van der Waals surface area contributed by atoms with E-state index in [-0.39, 0.29) is 29.2 Å². The Bertz CT molecular complexity index is 890. The Morgan fingerprint density at radius 2 is 1.97 bits per heavy atom. The molecule has 1 fully saturated rings. The first-order valence-corrected chi connectivity index (χ1v) is 10.3. The molecule has 30 heavy (non-hydrogen) atoms. The number of benzene rings is 1. The van der Waals surface area contributed by atoms with Crippen molar-refractivity contribution >= 4 is 35.1 Å². The first kappa shape index (κ1) is 21.8. The molecule has 0 bridgehead atoms. The Labute approximate surface area is 181 Å². The van der Waals surface area contributed by atoms with Crippen LogP contribution in [0.3, 0.4) is 0 Å². The molecule has 1 aliphatic rings. The number of ether oxygens (including phenoxy) is 1. The number of rotatable bonds is 5. The number of carbonyl (C=O) groups is 2. The number of nitrogens with one attached hydrogen (secondary N) is 1.